The third-order valence-corrected chi connectivity index (χ3v) is 5.69. The molecule has 2 heterocycles. The second-order valence-corrected chi connectivity index (χ2v) is 7.54. The zero-order valence-corrected chi connectivity index (χ0v) is 15.7. The molecular weight excluding hydrogens is 381 g/mol. The molecule has 0 fully saturated rings. The molecule has 4 aromatic rings. The second kappa shape index (κ2) is 7.85. The molecule has 0 N–H and O–H groups in total. The van der Waals surface area contributed by atoms with Crippen LogP contribution < -0.4 is 0 Å². The number of carbonyl (C=O) groups excluding carboxylic acids is 1. The van der Waals surface area contributed by atoms with Gasteiger partial charge in [-0.2, -0.15) is 0 Å². The Bertz CT molecular complexity index is 1060. The number of Topliss-reactive ketones (excluding diaryl/α,β-unsaturated/α-hetero) is 1. The Morgan fingerprint density at radius 2 is 1.78 bits per heavy atom. The van der Waals surface area contributed by atoms with Gasteiger partial charge in [0, 0.05) is 5.69 Å². The molecule has 27 heavy (non-hydrogen) atoms. The van der Waals surface area contributed by atoms with E-state index < -0.39 is 5.82 Å². The van der Waals surface area contributed by atoms with Crippen molar-refractivity contribution in [2.45, 2.75) is 5.16 Å². The lowest BCUT2D eigenvalue weighted by atomic mass is 10.1. The molecule has 0 saturated heterocycles. The van der Waals surface area contributed by atoms with Gasteiger partial charge >= 0.3 is 0 Å². The Labute approximate surface area is 163 Å². The molecule has 0 aliphatic rings. The van der Waals surface area contributed by atoms with Crippen molar-refractivity contribution >= 4 is 28.9 Å². The van der Waals surface area contributed by atoms with Gasteiger partial charge in [-0.05, 0) is 35.7 Å². The lowest BCUT2D eigenvalue weighted by molar-refractivity contribution is 0.101. The van der Waals surface area contributed by atoms with Crippen LogP contribution in [0, 0.1) is 5.82 Å². The molecule has 4 rings (SSSR count). The van der Waals surface area contributed by atoms with Gasteiger partial charge in [-0.15, -0.1) is 21.5 Å². The van der Waals surface area contributed by atoms with Crippen molar-refractivity contribution in [1.29, 1.82) is 0 Å². The smallest absolute Gasteiger partial charge is 0.196 e. The highest BCUT2D eigenvalue weighted by atomic mass is 32.2. The fraction of sp³-hybridized carbons (Fsp3) is 0.0500. The minimum absolute atomic E-state index is 0.0797. The highest BCUT2D eigenvalue weighted by Crippen LogP contribution is 2.30. The van der Waals surface area contributed by atoms with E-state index in [9.17, 15) is 9.18 Å². The lowest BCUT2D eigenvalue weighted by Crippen LogP contribution is -2.06. The van der Waals surface area contributed by atoms with Crippen molar-refractivity contribution in [3.8, 4) is 16.4 Å². The van der Waals surface area contributed by atoms with Crippen molar-refractivity contribution in [3.63, 3.8) is 0 Å². The third-order valence-electron chi connectivity index (χ3n) is 3.90. The minimum atomic E-state index is -0.507. The molecule has 0 unspecified atom stereocenters. The Balaban J connectivity index is 1.65. The minimum Gasteiger partial charge on any atom is -0.293 e. The van der Waals surface area contributed by atoms with E-state index in [-0.39, 0.29) is 17.1 Å². The Kier molecular flexibility index (Phi) is 5.13. The maximum Gasteiger partial charge on any atom is 0.196 e. The molecule has 2 aromatic carbocycles. The molecule has 0 atom stereocenters. The standard InChI is InChI=1S/C20H14FN3OS2/c21-16-10-5-4-9-15(16)17(25)13-27-20-23-22-19(18-11-6-12-26-18)24(20)14-7-2-1-3-8-14/h1-12H,13H2. The van der Waals surface area contributed by atoms with E-state index in [0.29, 0.717) is 5.16 Å². The van der Waals surface area contributed by atoms with Gasteiger partial charge in [0.1, 0.15) is 5.82 Å². The van der Waals surface area contributed by atoms with Gasteiger partial charge in [0.15, 0.2) is 16.8 Å². The van der Waals surface area contributed by atoms with Crippen molar-refractivity contribution in [1.82, 2.24) is 14.8 Å². The first-order valence-corrected chi connectivity index (χ1v) is 10.1. The molecule has 134 valence electrons. The average Bonchev–Trinajstić information content (AvgIpc) is 3.36. The summed E-state index contributed by atoms with van der Waals surface area (Å²) in [6.45, 7) is 0. The average molecular weight is 395 g/mol. The van der Waals surface area contributed by atoms with Gasteiger partial charge < -0.3 is 0 Å². The number of aromatic nitrogens is 3. The topological polar surface area (TPSA) is 47.8 Å². The lowest BCUT2D eigenvalue weighted by Gasteiger charge is -2.09. The van der Waals surface area contributed by atoms with Crippen LogP contribution in [0.25, 0.3) is 16.4 Å². The summed E-state index contributed by atoms with van der Waals surface area (Å²) in [6, 6.07) is 19.7. The summed E-state index contributed by atoms with van der Waals surface area (Å²) in [5.41, 5.74) is 1.00. The van der Waals surface area contributed by atoms with E-state index in [0.717, 1.165) is 16.4 Å². The number of nitrogens with zero attached hydrogens (tertiary/aromatic N) is 3. The molecule has 0 saturated carbocycles. The van der Waals surface area contributed by atoms with Crippen LogP contribution in [0.2, 0.25) is 0 Å². The summed E-state index contributed by atoms with van der Waals surface area (Å²) in [6.07, 6.45) is 0. The first-order chi connectivity index (χ1) is 13.2. The summed E-state index contributed by atoms with van der Waals surface area (Å²) >= 11 is 2.82. The van der Waals surface area contributed by atoms with Crippen LogP contribution in [0.15, 0.2) is 77.3 Å². The molecule has 0 amide bonds. The summed E-state index contributed by atoms with van der Waals surface area (Å²) in [4.78, 5) is 13.4. The van der Waals surface area contributed by atoms with Gasteiger partial charge in [0.2, 0.25) is 0 Å². The molecule has 0 aliphatic heterocycles. The molecule has 0 radical (unpaired) electrons. The normalized spacial score (nSPS) is 10.9. The molecule has 0 aliphatic carbocycles. The van der Waals surface area contributed by atoms with Gasteiger partial charge in [0.05, 0.1) is 16.2 Å². The monoisotopic (exact) mass is 395 g/mol. The fourth-order valence-electron chi connectivity index (χ4n) is 2.63. The maximum atomic E-state index is 13.8. The number of ketones is 1. The van der Waals surface area contributed by atoms with Crippen LogP contribution >= 0.6 is 23.1 Å². The van der Waals surface area contributed by atoms with Crippen LogP contribution in [-0.4, -0.2) is 26.3 Å². The number of halogens is 1. The van der Waals surface area contributed by atoms with Crippen molar-refractivity contribution in [2.24, 2.45) is 0 Å². The zero-order chi connectivity index (χ0) is 18.6. The number of rotatable bonds is 6. The van der Waals surface area contributed by atoms with E-state index in [4.69, 9.17) is 0 Å². The van der Waals surface area contributed by atoms with Crippen molar-refractivity contribution in [3.05, 3.63) is 83.5 Å². The first-order valence-electron chi connectivity index (χ1n) is 8.19. The Morgan fingerprint density at radius 3 is 2.52 bits per heavy atom. The summed E-state index contributed by atoms with van der Waals surface area (Å²) in [5, 5.41) is 11.2. The number of hydrogen-bond donors (Lipinski definition) is 0. The number of carbonyl (C=O) groups is 1. The Morgan fingerprint density at radius 1 is 1.00 bits per heavy atom. The number of thioether (sulfide) groups is 1. The zero-order valence-electron chi connectivity index (χ0n) is 14.1. The SMILES string of the molecule is O=C(CSc1nnc(-c2cccs2)n1-c1ccccc1)c1ccccc1F. The number of thiophene rings is 1. The van der Waals surface area contributed by atoms with Crippen LogP contribution in [0.4, 0.5) is 4.39 Å². The Hall–Kier alpha value is -2.77. The van der Waals surface area contributed by atoms with Crippen LogP contribution in [-0.2, 0) is 0 Å². The van der Waals surface area contributed by atoms with E-state index in [2.05, 4.69) is 10.2 Å². The highest BCUT2D eigenvalue weighted by molar-refractivity contribution is 7.99. The van der Waals surface area contributed by atoms with Gasteiger partial charge in [0.25, 0.3) is 0 Å². The molecule has 7 heteroatoms. The molecule has 2 aromatic heterocycles. The molecule has 0 bridgehead atoms. The van der Waals surface area contributed by atoms with E-state index in [1.165, 1.54) is 23.9 Å². The summed E-state index contributed by atoms with van der Waals surface area (Å²) in [5.74, 6) is 0.0124. The molecule has 0 spiro atoms. The molecule has 4 nitrogen and oxygen atoms in total. The highest BCUT2D eigenvalue weighted by Gasteiger charge is 2.19. The van der Waals surface area contributed by atoms with Crippen molar-refractivity contribution in [2.75, 3.05) is 5.75 Å². The van der Waals surface area contributed by atoms with Crippen molar-refractivity contribution < 1.29 is 9.18 Å². The summed E-state index contributed by atoms with van der Waals surface area (Å²) < 4.78 is 15.8. The third kappa shape index (κ3) is 3.70. The van der Waals surface area contributed by atoms with Gasteiger partial charge in [-0.1, -0.05) is 48.2 Å². The number of benzene rings is 2. The predicted octanol–water partition coefficient (Wildman–Crippen LogP) is 5.11. The maximum absolute atomic E-state index is 13.8. The largest absolute Gasteiger partial charge is 0.293 e. The van der Waals surface area contributed by atoms with Gasteiger partial charge in [-0.25, -0.2) is 4.39 Å². The predicted molar refractivity (Wildman–Crippen MR) is 106 cm³/mol. The van der Waals surface area contributed by atoms with E-state index in [1.54, 1.807) is 23.5 Å². The van der Waals surface area contributed by atoms with E-state index in [1.807, 2.05) is 52.4 Å². The fourth-order valence-corrected chi connectivity index (χ4v) is 4.17. The first kappa shape index (κ1) is 17.6. The second-order valence-electron chi connectivity index (χ2n) is 5.65. The van der Waals surface area contributed by atoms with E-state index >= 15 is 0 Å². The van der Waals surface area contributed by atoms with Gasteiger partial charge in [-0.3, -0.25) is 9.36 Å². The summed E-state index contributed by atoms with van der Waals surface area (Å²) in [7, 11) is 0. The quantitative estimate of drug-likeness (QED) is 0.336. The van der Waals surface area contributed by atoms with Crippen LogP contribution in [0.3, 0.4) is 0 Å². The number of para-hydroxylation sites is 1. The number of hydrogen-bond acceptors (Lipinski definition) is 5. The van der Waals surface area contributed by atoms with Crippen LogP contribution in [0.5, 0.6) is 0 Å². The van der Waals surface area contributed by atoms with Crippen LogP contribution in [0.1, 0.15) is 10.4 Å². The molecular formula is C20H14FN3OS2.